The van der Waals surface area contributed by atoms with E-state index in [0.717, 1.165) is 11.1 Å². The van der Waals surface area contributed by atoms with Crippen LogP contribution in [0.15, 0.2) is 48.7 Å². The van der Waals surface area contributed by atoms with E-state index in [1.54, 1.807) is 58.2 Å². The first-order valence-electron chi connectivity index (χ1n) is 11.0. The van der Waals surface area contributed by atoms with Crippen molar-refractivity contribution in [2.45, 2.75) is 45.8 Å². The van der Waals surface area contributed by atoms with Crippen LogP contribution < -0.4 is 16.0 Å². The van der Waals surface area contributed by atoms with Gasteiger partial charge in [0.25, 0.3) is 0 Å². The highest BCUT2D eigenvalue weighted by Crippen LogP contribution is 2.33. The normalized spacial score (nSPS) is 17.9. The number of ether oxygens (including phenoxy) is 2. The number of nitrogens with one attached hydrogen (secondary N) is 3. The zero-order chi connectivity index (χ0) is 24.9. The first-order chi connectivity index (χ1) is 16.1. The molecule has 34 heavy (non-hydrogen) atoms. The van der Waals surface area contributed by atoms with Gasteiger partial charge in [0.05, 0.1) is 30.5 Å². The van der Waals surface area contributed by atoms with Gasteiger partial charge in [0, 0.05) is 17.4 Å². The summed E-state index contributed by atoms with van der Waals surface area (Å²) in [6.45, 7) is 7.17. The van der Waals surface area contributed by atoms with Gasteiger partial charge in [0.1, 0.15) is 5.60 Å². The molecule has 2 bridgehead atoms. The van der Waals surface area contributed by atoms with Gasteiger partial charge in [-0.15, -0.1) is 0 Å². The number of benzene rings is 1. The third kappa shape index (κ3) is 6.57. The predicted molar refractivity (Wildman–Crippen MR) is 129 cm³/mol. The van der Waals surface area contributed by atoms with Gasteiger partial charge in [-0.1, -0.05) is 25.1 Å². The lowest BCUT2D eigenvalue weighted by atomic mass is 9.98. The molecule has 0 aliphatic carbocycles. The van der Waals surface area contributed by atoms with Crippen LogP contribution in [-0.2, 0) is 14.3 Å². The van der Waals surface area contributed by atoms with Crippen LogP contribution in [0.25, 0.3) is 11.1 Å². The maximum absolute atomic E-state index is 12.8. The maximum atomic E-state index is 12.8. The molecule has 0 radical (unpaired) electrons. The number of pyridine rings is 1. The van der Waals surface area contributed by atoms with Gasteiger partial charge in [-0.3, -0.25) is 15.1 Å². The lowest BCUT2D eigenvalue weighted by molar-refractivity contribution is -0.118. The van der Waals surface area contributed by atoms with E-state index in [2.05, 4.69) is 25.7 Å². The Balaban J connectivity index is 2.04. The number of amides is 3. The number of carbonyl (C=O) groups is 3. The van der Waals surface area contributed by atoms with Crippen LogP contribution in [0, 0.1) is 5.92 Å². The van der Waals surface area contributed by atoms with Crippen LogP contribution in [0.2, 0.25) is 0 Å². The molecule has 1 aliphatic heterocycles. The fourth-order valence-corrected chi connectivity index (χ4v) is 3.41. The summed E-state index contributed by atoms with van der Waals surface area (Å²) in [6.07, 6.45) is 4.55. The van der Waals surface area contributed by atoms with Crippen molar-refractivity contribution in [2.75, 3.05) is 17.7 Å². The Labute approximate surface area is 198 Å². The fraction of sp³-hybridized carbons (Fsp3) is 0.360. The molecule has 180 valence electrons. The fourth-order valence-electron chi connectivity index (χ4n) is 3.41. The van der Waals surface area contributed by atoms with E-state index >= 15 is 0 Å². The number of alkyl carbamates (subject to hydrolysis) is 1. The van der Waals surface area contributed by atoms with Crippen LogP contribution in [0.5, 0.6) is 0 Å². The van der Waals surface area contributed by atoms with Crippen LogP contribution in [0.4, 0.5) is 21.0 Å². The first-order valence-corrected chi connectivity index (χ1v) is 11.0. The van der Waals surface area contributed by atoms with Crippen LogP contribution in [0.1, 0.15) is 45.9 Å². The number of methoxy groups -OCH3 is 1. The Morgan fingerprint density at radius 3 is 2.62 bits per heavy atom. The van der Waals surface area contributed by atoms with Gasteiger partial charge in [0.15, 0.2) is 0 Å². The molecule has 3 N–H and O–H groups in total. The molecule has 9 heteroatoms. The summed E-state index contributed by atoms with van der Waals surface area (Å²) < 4.78 is 10.1. The lowest BCUT2D eigenvalue weighted by Gasteiger charge is -2.24. The van der Waals surface area contributed by atoms with E-state index in [-0.39, 0.29) is 5.91 Å². The van der Waals surface area contributed by atoms with Gasteiger partial charge >= 0.3 is 12.2 Å². The molecular formula is C25H30N4O5. The highest BCUT2D eigenvalue weighted by atomic mass is 16.6. The molecule has 0 saturated heterocycles. The minimum atomic E-state index is -0.637. The number of carbonyl (C=O) groups excluding carboxylic acids is 3. The first kappa shape index (κ1) is 24.8. The number of aromatic nitrogens is 1. The van der Waals surface area contributed by atoms with Crippen molar-refractivity contribution in [3.05, 3.63) is 54.4 Å². The van der Waals surface area contributed by atoms with E-state index in [1.807, 2.05) is 18.2 Å². The minimum Gasteiger partial charge on any atom is -0.453 e. The molecule has 3 rings (SSSR count). The Morgan fingerprint density at radius 2 is 1.91 bits per heavy atom. The second kappa shape index (κ2) is 10.4. The summed E-state index contributed by atoms with van der Waals surface area (Å²) in [4.78, 5) is 41.4. The summed E-state index contributed by atoms with van der Waals surface area (Å²) >= 11 is 0. The van der Waals surface area contributed by atoms with Gasteiger partial charge in [0.2, 0.25) is 5.91 Å². The van der Waals surface area contributed by atoms with Crippen molar-refractivity contribution in [3.8, 4) is 11.1 Å². The van der Waals surface area contributed by atoms with Gasteiger partial charge < -0.3 is 20.1 Å². The molecule has 2 atom stereocenters. The van der Waals surface area contributed by atoms with Crippen molar-refractivity contribution < 1.29 is 23.9 Å². The van der Waals surface area contributed by atoms with Crippen molar-refractivity contribution in [1.82, 2.24) is 10.3 Å². The molecule has 2 aromatic rings. The van der Waals surface area contributed by atoms with E-state index in [9.17, 15) is 14.4 Å². The van der Waals surface area contributed by atoms with Gasteiger partial charge in [-0.25, -0.2) is 9.59 Å². The molecule has 1 aromatic carbocycles. The van der Waals surface area contributed by atoms with E-state index in [1.165, 1.54) is 7.11 Å². The SMILES string of the molecule is COC(=O)Nc1ccc2c(c1)NC(=O)[C@H](C)C=CC[C@H](NC(=O)OC(C)(C)C)c1cc-2ccn1. The summed E-state index contributed by atoms with van der Waals surface area (Å²) in [7, 11) is 1.28. The molecule has 1 aromatic heterocycles. The molecule has 1 aliphatic rings. The minimum absolute atomic E-state index is 0.209. The summed E-state index contributed by atoms with van der Waals surface area (Å²) in [5.74, 6) is -0.641. The van der Waals surface area contributed by atoms with Crippen molar-refractivity contribution >= 4 is 29.5 Å². The summed E-state index contributed by atoms with van der Waals surface area (Å²) in [5.41, 5.74) is 2.53. The topological polar surface area (TPSA) is 119 Å². The van der Waals surface area contributed by atoms with Gasteiger partial charge in [-0.05, 0) is 57.0 Å². The highest BCUT2D eigenvalue weighted by molar-refractivity contribution is 5.99. The summed E-state index contributed by atoms with van der Waals surface area (Å²) in [5, 5.41) is 8.44. The zero-order valence-corrected chi connectivity index (χ0v) is 20.0. The summed E-state index contributed by atoms with van der Waals surface area (Å²) in [6, 6.07) is 8.40. The molecule has 9 nitrogen and oxygen atoms in total. The highest BCUT2D eigenvalue weighted by Gasteiger charge is 2.22. The quantitative estimate of drug-likeness (QED) is 0.534. The number of nitrogens with zero attached hydrogens (tertiary/aromatic N) is 1. The van der Waals surface area contributed by atoms with Crippen molar-refractivity contribution in [2.24, 2.45) is 5.92 Å². The Bertz CT molecular complexity index is 1110. The maximum Gasteiger partial charge on any atom is 0.411 e. The number of anilines is 2. The molecule has 3 amide bonds. The van der Waals surface area contributed by atoms with Gasteiger partial charge in [-0.2, -0.15) is 0 Å². The largest absolute Gasteiger partial charge is 0.453 e. The third-order valence-corrected chi connectivity index (χ3v) is 5.06. The Hall–Kier alpha value is -3.88. The van der Waals surface area contributed by atoms with E-state index in [4.69, 9.17) is 4.74 Å². The number of fused-ring (bicyclic) bond motifs is 4. The van der Waals surface area contributed by atoms with Crippen LogP contribution in [-0.4, -0.2) is 35.8 Å². The van der Waals surface area contributed by atoms with E-state index in [0.29, 0.717) is 23.5 Å². The molecule has 2 heterocycles. The second-order valence-electron chi connectivity index (χ2n) is 8.99. The zero-order valence-electron chi connectivity index (χ0n) is 20.0. The predicted octanol–water partition coefficient (Wildman–Crippen LogP) is 5.03. The van der Waals surface area contributed by atoms with Crippen molar-refractivity contribution in [1.29, 1.82) is 0 Å². The molecule has 0 saturated carbocycles. The lowest BCUT2D eigenvalue weighted by Crippen LogP contribution is -2.35. The third-order valence-electron chi connectivity index (χ3n) is 5.06. The molecular weight excluding hydrogens is 436 g/mol. The number of hydrogen-bond acceptors (Lipinski definition) is 6. The average Bonchev–Trinajstić information content (AvgIpc) is 2.76. The Morgan fingerprint density at radius 1 is 1.15 bits per heavy atom. The smallest absolute Gasteiger partial charge is 0.411 e. The number of hydrogen-bond donors (Lipinski definition) is 3. The monoisotopic (exact) mass is 466 g/mol. The van der Waals surface area contributed by atoms with E-state index < -0.39 is 29.7 Å². The molecule has 0 spiro atoms. The molecule has 0 unspecified atom stereocenters. The standard InChI is InChI=1S/C25H30N4O5/c1-15-7-6-8-19(29-24(32)34-25(2,3)4)21-13-16(11-12-26-21)18-10-9-17(27-23(31)33-5)14-20(18)28-22(15)30/h6-7,9-15,19H,8H2,1-5H3,(H,27,31)(H,28,30)(H,29,32)/t15-,19+/m1/s1. The molecule has 0 fully saturated rings. The van der Waals surface area contributed by atoms with Crippen LogP contribution >= 0.6 is 0 Å². The Kier molecular flexibility index (Phi) is 7.55. The second-order valence-corrected chi connectivity index (χ2v) is 8.99. The average molecular weight is 467 g/mol. The van der Waals surface area contributed by atoms with Crippen LogP contribution in [0.3, 0.4) is 0 Å². The van der Waals surface area contributed by atoms with Crippen molar-refractivity contribution in [3.63, 3.8) is 0 Å². The number of rotatable bonds is 2.